The fourth-order valence-electron chi connectivity index (χ4n) is 4.20. The summed E-state index contributed by atoms with van der Waals surface area (Å²) in [6.45, 7) is 2.17. The number of anilines is 1. The molecule has 4 heterocycles. The quantitative estimate of drug-likeness (QED) is 0.571. The second kappa shape index (κ2) is 9.09. The van der Waals surface area contributed by atoms with Crippen molar-refractivity contribution in [2.45, 2.75) is 36.0 Å². The number of rotatable bonds is 5. The van der Waals surface area contributed by atoms with Crippen LogP contribution >= 0.6 is 11.8 Å². The first-order chi connectivity index (χ1) is 15.7. The van der Waals surface area contributed by atoms with E-state index in [2.05, 4.69) is 16.0 Å². The Kier molecular flexibility index (Phi) is 5.86. The van der Waals surface area contributed by atoms with Crippen LogP contribution in [0.5, 0.6) is 0 Å². The number of pyridine rings is 1. The smallest absolute Gasteiger partial charge is 0.266 e. The van der Waals surface area contributed by atoms with Gasteiger partial charge in [0.2, 0.25) is 11.6 Å². The molecule has 0 bridgehead atoms. The normalized spacial score (nSPS) is 17.0. The van der Waals surface area contributed by atoms with E-state index < -0.39 is 0 Å². The molecule has 9 heteroatoms. The highest BCUT2D eigenvalue weighted by Crippen LogP contribution is 2.35. The van der Waals surface area contributed by atoms with Crippen LogP contribution in [0.2, 0.25) is 0 Å². The van der Waals surface area contributed by atoms with E-state index in [1.807, 2.05) is 21.9 Å². The number of carbonyl (C=O) groups is 1. The van der Waals surface area contributed by atoms with Gasteiger partial charge in [0, 0.05) is 37.6 Å². The Labute approximate surface area is 190 Å². The van der Waals surface area contributed by atoms with Gasteiger partial charge in [-0.1, -0.05) is 12.8 Å². The SMILES string of the molecule is N#Cc1nc(-c2ccco2)oc1N1CCN(C(=O)c2cccnc2SC2CCCC2)CC1. The highest BCUT2D eigenvalue weighted by atomic mass is 32.2. The van der Waals surface area contributed by atoms with E-state index in [9.17, 15) is 10.1 Å². The summed E-state index contributed by atoms with van der Waals surface area (Å²) in [5.74, 6) is 1.19. The third-order valence-corrected chi connectivity index (χ3v) is 7.24. The van der Waals surface area contributed by atoms with E-state index in [1.54, 1.807) is 30.1 Å². The van der Waals surface area contributed by atoms with E-state index in [0.717, 1.165) is 5.03 Å². The summed E-state index contributed by atoms with van der Waals surface area (Å²) in [4.78, 5) is 25.8. The van der Waals surface area contributed by atoms with Gasteiger partial charge in [-0.25, -0.2) is 4.98 Å². The van der Waals surface area contributed by atoms with Crippen LogP contribution in [0.3, 0.4) is 0 Å². The average Bonchev–Trinajstić information content (AvgIpc) is 3.61. The molecule has 0 spiro atoms. The second-order valence-corrected chi connectivity index (χ2v) is 9.21. The van der Waals surface area contributed by atoms with Crippen LogP contribution in [0.1, 0.15) is 41.7 Å². The first-order valence-electron chi connectivity index (χ1n) is 10.8. The first kappa shape index (κ1) is 20.6. The van der Waals surface area contributed by atoms with Crippen LogP contribution in [-0.2, 0) is 0 Å². The summed E-state index contributed by atoms with van der Waals surface area (Å²) in [5.41, 5.74) is 0.897. The maximum atomic E-state index is 13.3. The lowest BCUT2D eigenvalue weighted by atomic mass is 10.2. The molecule has 0 unspecified atom stereocenters. The van der Waals surface area contributed by atoms with Gasteiger partial charge in [-0.2, -0.15) is 10.2 Å². The Balaban J connectivity index is 1.28. The van der Waals surface area contributed by atoms with Gasteiger partial charge in [-0.3, -0.25) is 4.79 Å². The van der Waals surface area contributed by atoms with E-state index in [1.165, 1.54) is 31.9 Å². The van der Waals surface area contributed by atoms with Crippen LogP contribution < -0.4 is 4.90 Å². The van der Waals surface area contributed by atoms with Crippen molar-refractivity contribution in [2.75, 3.05) is 31.1 Å². The number of nitriles is 1. The lowest BCUT2D eigenvalue weighted by Crippen LogP contribution is -2.49. The standard InChI is InChI=1S/C23H23N5O3S/c24-15-18-23(31-20(26-18)19-8-4-14-30-19)28-12-10-27(11-13-28)22(29)17-7-3-9-25-21(17)32-16-5-1-2-6-16/h3-4,7-9,14,16H,1-2,5-6,10-13H2. The van der Waals surface area contributed by atoms with Crippen molar-refractivity contribution >= 4 is 23.6 Å². The molecule has 0 aromatic carbocycles. The molecule has 1 saturated heterocycles. The molecule has 3 aromatic rings. The number of thioether (sulfide) groups is 1. The van der Waals surface area contributed by atoms with Gasteiger partial charge < -0.3 is 18.6 Å². The summed E-state index contributed by atoms with van der Waals surface area (Å²) in [6, 6.07) is 9.28. The molecule has 1 aliphatic heterocycles. The number of nitrogens with zero attached hydrogens (tertiary/aromatic N) is 5. The lowest BCUT2D eigenvalue weighted by molar-refractivity contribution is 0.0741. The fourth-order valence-corrected chi connectivity index (χ4v) is 5.49. The van der Waals surface area contributed by atoms with Crippen molar-refractivity contribution in [2.24, 2.45) is 0 Å². The molecule has 0 N–H and O–H groups in total. The summed E-state index contributed by atoms with van der Waals surface area (Å²) in [6.07, 6.45) is 8.18. The molecular formula is C23H23N5O3S. The lowest BCUT2D eigenvalue weighted by Gasteiger charge is -2.34. The Morgan fingerprint density at radius 1 is 1.16 bits per heavy atom. The topological polar surface area (TPSA) is 99.4 Å². The number of aromatic nitrogens is 2. The largest absolute Gasteiger partial charge is 0.459 e. The van der Waals surface area contributed by atoms with Crippen molar-refractivity contribution in [3.8, 4) is 17.7 Å². The Morgan fingerprint density at radius 2 is 1.97 bits per heavy atom. The molecule has 0 atom stereocenters. The van der Waals surface area contributed by atoms with Crippen LogP contribution in [0.25, 0.3) is 11.7 Å². The number of amides is 1. The van der Waals surface area contributed by atoms with Crippen molar-refractivity contribution in [3.05, 3.63) is 48.0 Å². The van der Waals surface area contributed by atoms with Crippen LogP contribution in [0.15, 0.2) is 50.6 Å². The van der Waals surface area contributed by atoms with Gasteiger partial charge in [0.25, 0.3) is 11.8 Å². The Bertz CT molecular complexity index is 1120. The predicted octanol–water partition coefficient (Wildman–Crippen LogP) is 4.20. The number of furan rings is 1. The molecule has 8 nitrogen and oxygen atoms in total. The molecule has 2 aliphatic rings. The van der Waals surface area contributed by atoms with Crippen LogP contribution in [-0.4, -0.2) is 52.2 Å². The van der Waals surface area contributed by atoms with Gasteiger partial charge in [-0.15, -0.1) is 11.8 Å². The van der Waals surface area contributed by atoms with E-state index >= 15 is 0 Å². The third kappa shape index (κ3) is 4.10. The van der Waals surface area contributed by atoms with Gasteiger partial charge in [0.1, 0.15) is 11.1 Å². The minimum Gasteiger partial charge on any atom is -0.459 e. The van der Waals surface area contributed by atoms with E-state index in [0.29, 0.717) is 48.6 Å². The summed E-state index contributed by atoms with van der Waals surface area (Å²) in [5, 5.41) is 10.9. The third-order valence-electron chi connectivity index (χ3n) is 5.88. The number of piperazine rings is 1. The van der Waals surface area contributed by atoms with Crippen molar-refractivity contribution in [3.63, 3.8) is 0 Å². The Morgan fingerprint density at radius 3 is 2.69 bits per heavy atom. The highest BCUT2D eigenvalue weighted by Gasteiger charge is 2.29. The Hall–Kier alpha value is -3.25. The monoisotopic (exact) mass is 449 g/mol. The molecule has 1 aliphatic carbocycles. The average molecular weight is 450 g/mol. The van der Waals surface area contributed by atoms with E-state index in [4.69, 9.17) is 8.83 Å². The van der Waals surface area contributed by atoms with Gasteiger partial charge in [-0.05, 0) is 37.1 Å². The maximum Gasteiger partial charge on any atom is 0.266 e. The van der Waals surface area contributed by atoms with E-state index in [-0.39, 0.29) is 17.5 Å². The second-order valence-electron chi connectivity index (χ2n) is 7.92. The zero-order chi connectivity index (χ0) is 21.9. The number of hydrogen-bond acceptors (Lipinski definition) is 8. The molecule has 3 aromatic heterocycles. The summed E-state index contributed by atoms with van der Waals surface area (Å²) in [7, 11) is 0. The first-order valence-corrected chi connectivity index (χ1v) is 11.7. The molecule has 32 heavy (non-hydrogen) atoms. The zero-order valence-electron chi connectivity index (χ0n) is 17.6. The van der Waals surface area contributed by atoms with Gasteiger partial charge in [0.05, 0.1) is 11.8 Å². The highest BCUT2D eigenvalue weighted by molar-refractivity contribution is 7.99. The number of carbonyl (C=O) groups excluding carboxylic acids is 1. The van der Waals surface area contributed by atoms with Crippen LogP contribution in [0.4, 0.5) is 5.88 Å². The molecule has 2 fully saturated rings. The minimum atomic E-state index is 0.00704. The molecule has 164 valence electrons. The maximum absolute atomic E-state index is 13.3. The summed E-state index contributed by atoms with van der Waals surface area (Å²) >= 11 is 1.74. The van der Waals surface area contributed by atoms with Gasteiger partial charge >= 0.3 is 0 Å². The minimum absolute atomic E-state index is 0.00704. The summed E-state index contributed by atoms with van der Waals surface area (Å²) < 4.78 is 11.2. The fraction of sp³-hybridized carbons (Fsp3) is 0.391. The molecular weight excluding hydrogens is 426 g/mol. The predicted molar refractivity (Wildman–Crippen MR) is 119 cm³/mol. The number of oxazole rings is 1. The van der Waals surface area contributed by atoms with Crippen LogP contribution in [0, 0.1) is 11.3 Å². The zero-order valence-corrected chi connectivity index (χ0v) is 18.4. The van der Waals surface area contributed by atoms with Crippen molar-refractivity contribution in [1.29, 1.82) is 5.26 Å². The molecule has 1 amide bonds. The molecule has 5 rings (SSSR count). The molecule has 0 radical (unpaired) electrons. The van der Waals surface area contributed by atoms with Crippen molar-refractivity contribution < 1.29 is 13.6 Å². The van der Waals surface area contributed by atoms with Crippen molar-refractivity contribution in [1.82, 2.24) is 14.9 Å². The number of hydrogen-bond donors (Lipinski definition) is 0. The van der Waals surface area contributed by atoms with Gasteiger partial charge in [0.15, 0.2) is 5.76 Å². The molecule has 1 saturated carbocycles.